The molecule has 116 valence electrons. The van der Waals surface area contributed by atoms with Crippen molar-refractivity contribution in [2.75, 3.05) is 26.2 Å². The maximum absolute atomic E-state index is 6.29. The molecule has 1 aromatic rings. The molecule has 0 atom stereocenters. The Bertz CT molecular complexity index is 433. The Kier molecular flexibility index (Phi) is 5.56. The molecule has 1 heterocycles. The van der Waals surface area contributed by atoms with Gasteiger partial charge < -0.3 is 9.80 Å². The summed E-state index contributed by atoms with van der Waals surface area (Å²) in [5, 5.41) is 0.934. The van der Waals surface area contributed by atoms with Crippen molar-refractivity contribution in [1.82, 2.24) is 0 Å². The Balaban J connectivity index is 1.49. The van der Waals surface area contributed by atoms with Gasteiger partial charge in [0.1, 0.15) is 32.7 Å². The summed E-state index contributed by atoms with van der Waals surface area (Å²) < 4.78 is 0. The minimum absolute atomic E-state index is 0.934. The Morgan fingerprint density at radius 2 is 1.57 bits per heavy atom. The standard InChI is InChI=1S/C18H27ClN2/c19-18-10-6-5-7-16(18)15-20-11-13-21(14-12-20)17-8-3-1-2-4-9-17/h5-7,10,17H,1-4,8-9,11-15H2/p+2. The molecule has 0 spiro atoms. The van der Waals surface area contributed by atoms with E-state index in [0.29, 0.717) is 0 Å². The normalized spacial score (nSPS) is 28.2. The van der Waals surface area contributed by atoms with E-state index in [1.54, 1.807) is 4.90 Å². The van der Waals surface area contributed by atoms with E-state index < -0.39 is 0 Å². The van der Waals surface area contributed by atoms with Crippen LogP contribution < -0.4 is 9.80 Å². The molecule has 0 aromatic heterocycles. The first-order valence-corrected chi connectivity index (χ1v) is 9.12. The first-order valence-electron chi connectivity index (χ1n) is 8.74. The number of halogens is 1. The maximum atomic E-state index is 6.29. The third-order valence-electron chi connectivity index (χ3n) is 5.43. The van der Waals surface area contributed by atoms with E-state index in [0.717, 1.165) is 17.6 Å². The maximum Gasteiger partial charge on any atom is 0.127 e. The van der Waals surface area contributed by atoms with Crippen molar-refractivity contribution in [2.45, 2.75) is 51.1 Å². The Morgan fingerprint density at radius 3 is 2.24 bits per heavy atom. The minimum Gasteiger partial charge on any atom is -0.323 e. The van der Waals surface area contributed by atoms with Gasteiger partial charge in [-0.3, -0.25) is 0 Å². The quantitative estimate of drug-likeness (QED) is 0.780. The van der Waals surface area contributed by atoms with Crippen LogP contribution in [0.1, 0.15) is 44.1 Å². The predicted molar refractivity (Wildman–Crippen MR) is 88.0 cm³/mol. The lowest BCUT2D eigenvalue weighted by molar-refractivity contribution is -1.03. The number of rotatable bonds is 3. The molecule has 0 amide bonds. The summed E-state index contributed by atoms with van der Waals surface area (Å²) in [6.45, 7) is 6.40. The molecule has 1 saturated carbocycles. The van der Waals surface area contributed by atoms with Crippen LogP contribution in [0.25, 0.3) is 0 Å². The van der Waals surface area contributed by atoms with Crippen molar-refractivity contribution >= 4 is 11.6 Å². The Hall–Kier alpha value is -0.570. The van der Waals surface area contributed by atoms with Crippen LogP contribution in [-0.2, 0) is 6.54 Å². The average Bonchev–Trinajstić information content (AvgIpc) is 2.80. The second kappa shape index (κ2) is 7.62. The van der Waals surface area contributed by atoms with Gasteiger partial charge in [-0.05, 0) is 31.7 Å². The molecule has 1 aliphatic carbocycles. The molecule has 2 N–H and O–H groups in total. The molecule has 3 heteroatoms. The van der Waals surface area contributed by atoms with Gasteiger partial charge in [-0.25, -0.2) is 0 Å². The van der Waals surface area contributed by atoms with Crippen molar-refractivity contribution in [2.24, 2.45) is 0 Å². The summed E-state index contributed by atoms with van der Waals surface area (Å²) >= 11 is 6.29. The van der Waals surface area contributed by atoms with Crippen LogP contribution in [0.4, 0.5) is 0 Å². The predicted octanol–water partition coefficient (Wildman–Crippen LogP) is 1.35. The number of piperazine rings is 1. The van der Waals surface area contributed by atoms with Gasteiger partial charge in [-0.1, -0.05) is 42.6 Å². The SMILES string of the molecule is Clc1ccccc1C[NH+]1CC[NH+](C2CCCCCC2)CC1. The number of benzene rings is 1. The largest absolute Gasteiger partial charge is 0.323 e. The molecule has 2 aliphatic rings. The number of quaternary nitrogens is 2. The fourth-order valence-corrected chi connectivity index (χ4v) is 4.31. The molecule has 0 unspecified atom stereocenters. The van der Waals surface area contributed by atoms with E-state index in [1.165, 1.54) is 70.3 Å². The van der Waals surface area contributed by atoms with Crippen LogP contribution in [0.3, 0.4) is 0 Å². The molecule has 0 radical (unpaired) electrons. The smallest absolute Gasteiger partial charge is 0.127 e. The highest BCUT2D eigenvalue weighted by Crippen LogP contribution is 2.15. The van der Waals surface area contributed by atoms with Crippen LogP contribution in [0.2, 0.25) is 5.02 Å². The van der Waals surface area contributed by atoms with E-state index in [4.69, 9.17) is 11.6 Å². The fourth-order valence-electron chi connectivity index (χ4n) is 4.11. The molecule has 3 rings (SSSR count). The molecule has 1 aromatic carbocycles. The highest BCUT2D eigenvalue weighted by atomic mass is 35.5. The van der Waals surface area contributed by atoms with Gasteiger partial charge in [0, 0.05) is 10.6 Å². The summed E-state index contributed by atoms with van der Waals surface area (Å²) in [6.07, 6.45) is 8.79. The van der Waals surface area contributed by atoms with Gasteiger partial charge in [-0.15, -0.1) is 0 Å². The van der Waals surface area contributed by atoms with Crippen LogP contribution >= 0.6 is 11.6 Å². The zero-order valence-corrected chi connectivity index (χ0v) is 13.8. The highest BCUT2D eigenvalue weighted by molar-refractivity contribution is 6.31. The van der Waals surface area contributed by atoms with Gasteiger partial charge in [-0.2, -0.15) is 0 Å². The van der Waals surface area contributed by atoms with Crippen LogP contribution in [0, 0.1) is 0 Å². The van der Waals surface area contributed by atoms with Gasteiger partial charge in [0.2, 0.25) is 0 Å². The van der Waals surface area contributed by atoms with E-state index in [2.05, 4.69) is 12.1 Å². The van der Waals surface area contributed by atoms with Gasteiger partial charge in [0.25, 0.3) is 0 Å². The van der Waals surface area contributed by atoms with E-state index in [-0.39, 0.29) is 0 Å². The Morgan fingerprint density at radius 1 is 0.905 bits per heavy atom. The number of nitrogens with one attached hydrogen (secondary N) is 2. The molecule has 2 nitrogen and oxygen atoms in total. The van der Waals surface area contributed by atoms with E-state index in [9.17, 15) is 0 Å². The minimum atomic E-state index is 0.934. The third-order valence-corrected chi connectivity index (χ3v) is 5.80. The van der Waals surface area contributed by atoms with Gasteiger partial charge >= 0.3 is 0 Å². The van der Waals surface area contributed by atoms with Crippen molar-refractivity contribution in [3.63, 3.8) is 0 Å². The van der Waals surface area contributed by atoms with E-state index in [1.807, 2.05) is 17.0 Å². The second-order valence-electron chi connectivity index (χ2n) is 6.86. The van der Waals surface area contributed by atoms with Crippen LogP contribution in [-0.4, -0.2) is 32.2 Å². The average molecular weight is 309 g/mol. The summed E-state index contributed by atoms with van der Waals surface area (Å²) in [4.78, 5) is 3.60. The lowest BCUT2D eigenvalue weighted by Crippen LogP contribution is -3.29. The lowest BCUT2D eigenvalue weighted by atomic mass is 10.1. The fraction of sp³-hybridized carbons (Fsp3) is 0.667. The van der Waals surface area contributed by atoms with Gasteiger partial charge in [0.15, 0.2) is 0 Å². The second-order valence-corrected chi connectivity index (χ2v) is 7.27. The van der Waals surface area contributed by atoms with Crippen LogP contribution in [0.15, 0.2) is 24.3 Å². The van der Waals surface area contributed by atoms with Crippen molar-refractivity contribution in [1.29, 1.82) is 0 Å². The molecule has 0 bridgehead atoms. The van der Waals surface area contributed by atoms with Gasteiger partial charge in [0.05, 0.1) is 6.04 Å². The van der Waals surface area contributed by atoms with Crippen molar-refractivity contribution in [3.8, 4) is 0 Å². The monoisotopic (exact) mass is 308 g/mol. The summed E-state index contributed by atoms with van der Waals surface area (Å²) in [7, 11) is 0. The molecule has 1 aliphatic heterocycles. The van der Waals surface area contributed by atoms with Crippen molar-refractivity contribution < 1.29 is 9.80 Å². The van der Waals surface area contributed by atoms with Crippen molar-refractivity contribution in [3.05, 3.63) is 34.9 Å². The Labute approximate surface area is 134 Å². The molecule has 2 fully saturated rings. The molecular formula is C18H29ClN2+2. The first kappa shape index (κ1) is 15.3. The lowest BCUT2D eigenvalue weighted by Gasteiger charge is -2.34. The topological polar surface area (TPSA) is 8.88 Å². The summed E-state index contributed by atoms with van der Waals surface area (Å²) in [5.41, 5.74) is 1.31. The number of hydrogen-bond acceptors (Lipinski definition) is 0. The van der Waals surface area contributed by atoms with E-state index >= 15 is 0 Å². The molecule has 1 saturated heterocycles. The summed E-state index contributed by atoms with van der Waals surface area (Å²) in [6, 6.07) is 9.28. The number of hydrogen-bond donors (Lipinski definition) is 2. The highest BCUT2D eigenvalue weighted by Gasteiger charge is 2.29. The molecule has 21 heavy (non-hydrogen) atoms. The zero-order valence-electron chi connectivity index (χ0n) is 13.0. The van der Waals surface area contributed by atoms with Crippen LogP contribution in [0.5, 0.6) is 0 Å². The zero-order chi connectivity index (χ0) is 14.5. The molecular weight excluding hydrogens is 280 g/mol. The first-order chi connectivity index (χ1) is 10.3. The summed E-state index contributed by atoms with van der Waals surface area (Å²) in [5.74, 6) is 0. The third kappa shape index (κ3) is 4.21.